The van der Waals surface area contributed by atoms with Gasteiger partial charge in [0, 0.05) is 61.4 Å². The van der Waals surface area contributed by atoms with E-state index in [0.29, 0.717) is 36.5 Å². The molecule has 4 unspecified atom stereocenters. The van der Waals surface area contributed by atoms with Crippen molar-refractivity contribution in [1.29, 1.82) is 5.26 Å². The maximum atomic E-state index is 16.8. The number of likely N-dealkylation sites (tertiary alicyclic amines) is 1. The Bertz CT molecular complexity index is 1800. The van der Waals surface area contributed by atoms with Crippen LogP contribution in [0.25, 0.3) is 16.5 Å². The smallest absolute Gasteiger partial charge is 0.319 e. The van der Waals surface area contributed by atoms with Crippen LogP contribution in [0.1, 0.15) is 37.8 Å². The molecule has 0 amide bonds. The molecule has 0 aromatic carbocycles. The zero-order valence-corrected chi connectivity index (χ0v) is 27.4. The molecule has 14 heteroatoms. The van der Waals surface area contributed by atoms with Crippen LogP contribution in [-0.2, 0) is 4.74 Å². The number of morpholine rings is 1. The van der Waals surface area contributed by atoms with Crippen LogP contribution in [0.3, 0.4) is 0 Å². The van der Waals surface area contributed by atoms with Crippen LogP contribution in [0.5, 0.6) is 6.01 Å². The summed E-state index contributed by atoms with van der Waals surface area (Å²) in [4.78, 5) is 20.4. The number of thioether (sulfide) groups is 1. The molecule has 4 atom stereocenters. The minimum atomic E-state index is -1.12. The second kappa shape index (κ2) is 11.1. The molecule has 10 nitrogen and oxygen atoms in total. The van der Waals surface area contributed by atoms with E-state index < -0.39 is 28.6 Å². The number of likely N-dealkylation sites (N-methyl/N-ethyl adjacent to an activating group) is 2. The first-order valence-electron chi connectivity index (χ1n) is 16.1. The van der Waals surface area contributed by atoms with Gasteiger partial charge in [-0.05, 0) is 46.2 Å². The van der Waals surface area contributed by atoms with E-state index in [2.05, 4.69) is 33.9 Å². The number of nitrogens with zero attached hydrogens (tertiary/aromatic N) is 7. The Kier molecular flexibility index (Phi) is 7.29. The van der Waals surface area contributed by atoms with E-state index >= 15 is 8.78 Å². The quantitative estimate of drug-likeness (QED) is 0.391. The van der Waals surface area contributed by atoms with Crippen molar-refractivity contribution in [2.75, 3.05) is 58.9 Å². The highest BCUT2D eigenvalue weighted by molar-refractivity contribution is 8.04. The maximum Gasteiger partial charge on any atom is 0.319 e. The molecule has 248 valence electrons. The molecule has 2 saturated heterocycles. The number of hydrogen-bond donors (Lipinski definition) is 1. The Labute approximate surface area is 275 Å². The van der Waals surface area contributed by atoms with Crippen LogP contribution in [0, 0.1) is 28.5 Å². The van der Waals surface area contributed by atoms with Gasteiger partial charge < -0.3 is 25.0 Å². The molecule has 8 rings (SSSR count). The number of allylic oxidation sites excluding steroid dienone is 4. The number of nitriles is 1. The molecular weight excluding hydrogens is 629 g/mol. The van der Waals surface area contributed by atoms with Gasteiger partial charge in [0.1, 0.15) is 28.7 Å². The fourth-order valence-corrected chi connectivity index (χ4v) is 8.89. The molecule has 4 fully saturated rings. The van der Waals surface area contributed by atoms with E-state index in [0.717, 1.165) is 69.6 Å². The first kappa shape index (κ1) is 30.9. The molecule has 6 aliphatic rings. The van der Waals surface area contributed by atoms with E-state index in [1.807, 2.05) is 18.0 Å². The highest BCUT2D eigenvalue weighted by Crippen LogP contribution is 2.53. The third-order valence-corrected chi connectivity index (χ3v) is 12.4. The van der Waals surface area contributed by atoms with Crippen molar-refractivity contribution in [2.24, 2.45) is 17.1 Å². The summed E-state index contributed by atoms with van der Waals surface area (Å²) in [5.74, 6) is -3.32. The fourth-order valence-electron chi connectivity index (χ4n) is 7.73. The second-order valence-electron chi connectivity index (χ2n) is 14.2. The fraction of sp³-hybridized carbons (Fsp3) is 0.576. The number of nitrogens with two attached hydrogens (primary N) is 1. The molecule has 3 aliphatic heterocycles. The Balaban J connectivity index is 1.18. The van der Waals surface area contributed by atoms with Crippen molar-refractivity contribution >= 4 is 34.1 Å². The lowest BCUT2D eigenvalue weighted by molar-refractivity contribution is -0.218. The molecule has 0 radical (unpaired) electrons. The summed E-state index contributed by atoms with van der Waals surface area (Å²) in [5, 5.41) is 9.27. The van der Waals surface area contributed by atoms with Gasteiger partial charge in [0.05, 0.1) is 52.7 Å². The van der Waals surface area contributed by atoms with Crippen LogP contribution in [-0.4, -0.2) is 102 Å². The average Bonchev–Trinajstić information content (AvgIpc) is 3.69. The Morgan fingerprint density at radius 3 is 2.57 bits per heavy atom. The number of pyridine rings is 1. The monoisotopic (exact) mass is 666 g/mol. The van der Waals surface area contributed by atoms with Crippen LogP contribution in [0.2, 0.25) is 0 Å². The first-order chi connectivity index (χ1) is 22.5. The molecular formula is C33H37F3N8O2S. The number of rotatable bonds is 10. The van der Waals surface area contributed by atoms with Crippen LogP contribution < -0.4 is 15.4 Å². The standard InChI is InChI=1S/C33H37F3N8O2S/c1-42(2)33(5-4-6-33)15-43(3)30-18-11-39-27(24-19(34)9-20(35)28-23(24)17(10-37)29(38)47-28)25(36)26(18)40-31(41-30)46-16-32(7-8-32)14-44-12-22-21(44)13-45-22/h9,11,21-23,28H,4-8,12-16,38H2,1-3H3. The lowest BCUT2D eigenvalue weighted by atomic mass is 9.75. The highest BCUT2D eigenvalue weighted by atomic mass is 32.2. The second-order valence-corrected chi connectivity index (χ2v) is 15.4. The van der Waals surface area contributed by atoms with Crippen LogP contribution >= 0.6 is 11.8 Å². The van der Waals surface area contributed by atoms with Gasteiger partial charge in [0.15, 0.2) is 5.82 Å². The van der Waals surface area contributed by atoms with Crippen molar-refractivity contribution in [3.8, 4) is 12.1 Å². The van der Waals surface area contributed by atoms with E-state index in [1.165, 1.54) is 6.20 Å². The predicted octanol–water partition coefficient (Wildman–Crippen LogP) is 4.30. The SMILES string of the molecule is CN(CC1(N(C)C)CCC1)c1nc(OCC2(CN3CC4OCC43)CC2)nc2c(F)c(C3=C(F)C=C(F)C4SC(N)=C(C#N)C34)ncc12. The average molecular weight is 667 g/mol. The van der Waals surface area contributed by atoms with Gasteiger partial charge in [0.2, 0.25) is 0 Å². The Hall–Kier alpha value is -3.38. The molecule has 0 spiro atoms. The van der Waals surface area contributed by atoms with Gasteiger partial charge in [0.25, 0.3) is 0 Å². The third kappa shape index (κ3) is 4.91. The van der Waals surface area contributed by atoms with Gasteiger partial charge in [-0.3, -0.25) is 9.88 Å². The van der Waals surface area contributed by atoms with Gasteiger partial charge in [-0.2, -0.15) is 15.2 Å². The third-order valence-electron chi connectivity index (χ3n) is 11.2. The number of halogens is 3. The summed E-state index contributed by atoms with van der Waals surface area (Å²) in [5.41, 5.74) is 5.31. The molecule has 3 aliphatic carbocycles. The number of aromatic nitrogens is 3. The number of anilines is 1. The largest absolute Gasteiger partial charge is 0.463 e. The highest BCUT2D eigenvalue weighted by Gasteiger charge is 2.53. The summed E-state index contributed by atoms with van der Waals surface area (Å²) >= 11 is 0.926. The summed E-state index contributed by atoms with van der Waals surface area (Å²) in [6.45, 7) is 3.63. The first-order valence-corrected chi connectivity index (χ1v) is 17.0. The summed E-state index contributed by atoms with van der Waals surface area (Å²) < 4.78 is 59.1. The minimum absolute atomic E-state index is 0.00645. The molecule has 0 bridgehead atoms. The Morgan fingerprint density at radius 2 is 1.98 bits per heavy atom. The summed E-state index contributed by atoms with van der Waals surface area (Å²) in [7, 11) is 6.04. The lowest BCUT2D eigenvalue weighted by Gasteiger charge is -2.55. The normalized spacial score (nSPS) is 28.6. The van der Waals surface area contributed by atoms with E-state index in [1.54, 1.807) is 0 Å². The number of ether oxygens (including phenoxy) is 2. The molecule has 5 heterocycles. The predicted molar refractivity (Wildman–Crippen MR) is 172 cm³/mol. The van der Waals surface area contributed by atoms with Crippen LogP contribution in [0.4, 0.5) is 19.0 Å². The Morgan fingerprint density at radius 1 is 1.19 bits per heavy atom. The molecule has 2 saturated carbocycles. The molecule has 2 aromatic rings. The van der Waals surface area contributed by atoms with Crippen molar-refractivity contribution in [3.63, 3.8) is 0 Å². The van der Waals surface area contributed by atoms with Gasteiger partial charge in [-0.15, -0.1) is 0 Å². The lowest BCUT2D eigenvalue weighted by Crippen LogP contribution is -2.71. The summed E-state index contributed by atoms with van der Waals surface area (Å²) in [6, 6.07) is 2.49. The van der Waals surface area contributed by atoms with E-state index in [4.69, 9.17) is 20.2 Å². The van der Waals surface area contributed by atoms with Gasteiger partial charge in [-0.25, -0.2) is 13.2 Å². The van der Waals surface area contributed by atoms with Crippen LogP contribution in [0.15, 0.2) is 34.5 Å². The minimum Gasteiger partial charge on any atom is -0.463 e. The van der Waals surface area contributed by atoms with Gasteiger partial charge >= 0.3 is 6.01 Å². The van der Waals surface area contributed by atoms with E-state index in [9.17, 15) is 9.65 Å². The van der Waals surface area contributed by atoms with Crippen molar-refractivity contribution in [3.05, 3.63) is 46.0 Å². The van der Waals surface area contributed by atoms with Crippen molar-refractivity contribution < 1.29 is 22.6 Å². The van der Waals surface area contributed by atoms with Crippen molar-refractivity contribution in [2.45, 2.75) is 55.0 Å². The molecule has 2 aromatic heterocycles. The number of hydrogen-bond acceptors (Lipinski definition) is 11. The summed E-state index contributed by atoms with van der Waals surface area (Å²) in [6.07, 6.45) is 7.71. The zero-order chi connectivity index (χ0) is 32.8. The van der Waals surface area contributed by atoms with E-state index in [-0.39, 0.29) is 44.4 Å². The molecule has 47 heavy (non-hydrogen) atoms. The molecule has 2 N–H and O–H groups in total. The maximum absolute atomic E-state index is 16.8. The van der Waals surface area contributed by atoms with Crippen molar-refractivity contribution in [1.82, 2.24) is 24.8 Å². The zero-order valence-electron chi connectivity index (χ0n) is 26.6. The van der Waals surface area contributed by atoms with Gasteiger partial charge in [-0.1, -0.05) is 11.8 Å². The topological polar surface area (TPSA) is 117 Å². The number of fused-ring (bicyclic) bond motifs is 3.